The van der Waals surface area contributed by atoms with Crippen LogP contribution in [0.4, 0.5) is 11.4 Å². The molecule has 7 rings (SSSR count). The van der Waals surface area contributed by atoms with Gasteiger partial charge in [-0.3, -0.25) is 4.40 Å². The Balaban J connectivity index is 1.43. The Morgan fingerprint density at radius 3 is 1.68 bits per heavy atom. The van der Waals surface area contributed by atoms with Crippen LogP contribution in [0.25, 0.3) is 38.6 Å². The van der Waals surface area contributed by atoms with Crippen LogP contribution in [0.3, 0.4) is 0 Å². The summed E-state index contributed by atoms with van der Waals surface area (Å²) in [6, 6.07) is 24.7. The predicted octanol–water partition coefficient (Wildman–Crippen LogP) is 9.05. The molecule has 0 unspecified atom stereocenters. The fourth-order valence-electron chi connectivity index (χ4n) is 7.70. The first-order valence-corrected chi connectivity index (χ1v) is 15.9. The maximum absolute atomic E-state index is 5.14. The molecule has 4 nitrogen and oxygen atoms in total. The molecule has 0 radical (unpaired) electrons. The minimum Gasteiger partial charge on any atom is -0.371 e. The third kappa shape index (κ3) is 4.56. The van der Waals surface area contributed by atoms with Crippen LogP contribution in [0.5, 0.6) is 0 Å². The van der Waals surface area contributed by atoms with Crippen molar-refractivity contribution < 1.29 is 0 Å². The lowest BCUT2D eigenvalue weighted by molar-refractivity contribution is 0.310. The predicted molar refractivity (Wildman–Crippen MR) is 175 cm³/mol. The van der Waals surface area contributed by atoms with Gasteiger partial charge in [-0.25, -0.2) is 4.98 Å². The molecule has 0 amide bonds. The van der Waals surface area contributed by atoms with Gasteiger partial charge in [-0.05, 0) is 72.9 Å². The van der Waals surface area contributed by atoms with Gasteiger partial charge < -0.3 is 9.80 Å². The second-order valence-electron chi connectivity index (χ2n) is 13.2. The van der Waals surface area contributed by atoms with E-state index in [1.165, 1.54) is 70.0 Å². The fourth-order valence-corrected chi connectivity index (χ4v) is 7.70. The van der Waals surface area contributed by atoms with Crippen molar-refractivity contribution in [3.8, 4) is 11.3 Å². The van der Waals surface area contributed by atoms with Gasteiger partial charge in [-0.1, -0.05) is 76.2 Å². The number of rotatable bonds is 5. The van der Waals surface area contributed by atoms with Crippen LogP contribution in [0.2, 0.25) is 0 Å². The van der Waals surface area contributed by atoms with E-state index in [2.05, 4.69) is 115 Å². The Hall–Kier alpha value is -3.53. The molecule has 0 spiro atoms. The van der Waals surface area contributed by atoms with E-state index in [4.69, 9.17) is 4.98 Å². The van der Waals surface area contributed by atoms with Crippen LogP contribution in [-0.2, 0) is 0 Å². The first-order valence-electron chi connectivity index (χ1n) is 15.9. The molecule has 0 saturated carbocycles. The molecule has 3 aromatic carbocycles. The maximum atomic E-state index is 5.14. The van der Waals surface area contributed by atoms with Gasteiger partial charge in [0.05, 0.1) is 17.4 Å². The van der Waals surface area contributed by atoms with Crippen LogP contribution in [0.15, 0.2) is 72.9 Å². The van der Waals surface area contributed by atoms with Crippen LogP contribution in [0.1, 0.15) is 53.4 Å². The quantitative estimate of drug-likeness (QED) is 0.206. The van der Waals surface area contributed by atoms with E-state index in [-0.39, 0.29) is 0 Å². The second kappa shape index (κ2) is 10.7. The fraction of sp³-hybridized carbons (Fsp3) is 0.432. The molecule has 0 aliphatic carbocycles. The van der Waals surface area contributed by atoms with Crippen molar-refractivity contribution in [2.24, 2.45) is 23.7 Å². The molecule has 0 atom stereocenters. The zero-order valence-corrected chi connectivity index (χ0v) is 25.2. The van der Waals surface area contributed by atoms with Crippen molar-refractivity contribution in [1.29, 1.82) is 0 Å². The number of hydrogen-bond donors (Lipinski definition) is 0. The van der Waals surface area contributed by atoms with E-state index in [0.717, 1.165) is 55.5 Å². The van der Waals surface area contributed by atoms with Crippen molar-refractivity contribution in [1.82, 2.24) is 9.38 Å². The highest BCUT2D eigenvalue weighted by molar-refractivity contribution is 6.12. The molecule has 0 N–H and O–H groups in total. The van der Waals surface area contributed by atoms with E-state index in [1.807, 2.05) is 0 Å². The highest BCUT2D eigenvalue weighted by Crippen LogP contribution is 2.44. The minimum absolute atomic E-state index is 0.753. The lowest BCUT2D eigenvalue weighted by atomic mass is 9.85. The van der Waals surface area contributed by atoms with Gasteiger partial charge in [0.1, 0.15) is 5.65 Å². The number of benzene rings is 3. The van der Waals surface area contributed by atoms with Gasteiger partial charge in [-0.15, -0.1) is 0 Å². The SMILES string of the molecule is CC(C)C1CCN(c2cccc(N3CCC(C(C)C)CC3)c2-c2cnc3c4ccccc4c4ccccc4n23)CC1. The average Bonchev–Trinajstić information content (AvgIpc) is 3.46. The van der Waals surface area contributed by atoms with E-state index < -0.39 is 0 Å². The molecule has 2 aliphatic heterocycles. The second-order valence-corrected chi connectivity index (χ2v) is 13.2. The molecule has 4 heteroatoms. The first-order chi connectivity index (χ1) is 20.0. The first kappa shape index (κ1) is 26.4. The lowest BCUT2D eigenvalue weighted by Gasteiger charge is -2.39. The summed E-state index contributed by atoms with van der Waals surface area (Å²) in [7, 11) is 0. The molecular weight excluding hydrogens is 500 g/mol. The van der Waals surface area contributed by atoms with E-state index >= 15 is 0 Å². The number of para-hydroxylation sites is 1. The molecule has 41 heavy (non-hydrogen) atoms. The van der Waals surface area contributed by atoms with Gasteiger partial charge in [0, 0.05) is 53.9 Å². The number of aromatic nitrogens is 2. The van der Waals surface area contributed by atoms with Crippen molar-refractivity contribution in [2.45, 2.75) is 53.4 Å². The topological polar surface area (TPSA) is 23.8 Å². The number of imidazole rings is 1. The zero-order valence-electron chi connectivity index (χ0n) is 25.2. The number of anilines is 2. The van der Waals surface area contributed by atoms with Crippen LogP contribution in [-0.4, -0.2) is 35.6 Å². The Kier molecular flexibility index (Phi) is 6.89. The summed E-state index contributed by atoms with van der Waals surface area (Å²) >= 11 is 0. The molecule has 5 aromatic rings. The Bertz CT molecular complexity index is 1630. The van der Waals surface area contributed by atoms with Crippen molar-refractivity contribution in [2.75, 3.05) is 36.0 Å². The summed E-state index contributed by atoms with van der Waals surface area (Å²) in [6.45, 7) is 14.0. The molecule has 2 saturated heterocycles. The molecule has 2 fully saturated rings. The minimum atomic E-state index is 0.753. The van der Waals surface area contributed by atoms with Crippen LogP contribution in [0, 0.1) is 23.7 Å². The average molecular weight is 545 g/mol. The van der Waals surface area contributed by atoms with Crippen molar-refractivity contribution >= 4 is 38.7 Å². The third-order valence-corrected chi connectivity index (χ3v) is 10.3. The normalized spacial score (nSPS) is 17.6. The number of hydrogen-bond acceptors (Lipinski definition) is 3. The molecule has 0 bridgehead atoms. The van der Waals surface area contributed by atoms with Gasteiger partial charge in [0.15, 0.2) is 0 Å². The van der Waals surface area contributed by atoms with Gasteiger partial charge in [-0.2, -0.15) is 0 Å². The maximum Gasteiger partial charge on any atom is 0.145 e. The largest absolute Gasteiger partial charge is 0.371 e. The lowest BCUT2D eigenvalue weighted by Crippen LogP contribution is -2.37. The van der Waals surface area contributed by atoms with Crippen molar-refractivity contribution in [3.63, 3.8) is 0 Å². The zero-order chi connectivity index (χ0) is 28.1. The Morgan fingerprint density at radius 2 is 1.12 bits per heavy atom. The molecule has 2 aliphatic rings. The number of piperidine rings is 2. The van der Waals surface area contributed by atoms with Crippen molar-refractivity contribution in [3.05, 3.63) is 72.9 Å². The standard InChI is InChI=1S/C37H44N4/c1-25(2)27-16-20-39(21-17-27)33-14-9-15-34(40-22-18-28(19-23-40)26(3)4)36(33)35-24-38-37-31-12-6-5-10-29(31)30-11-7-8-13-32(30)41(35)37/h5-15,24-28H,16-23H2,1-4H3. The highest BCUT2D eigenvalue weighted by Gasteiger charge is 2.29. The number of fused-ring (bicyclic) bond motifs is 6. The number of nitrogens with zero attached hydrogens (tertiary/aromatic N) is 4. The van der Waals surface area contributed by atoms with Crippen LogP contribution >= 0.6 is 0 Å². The smallest absolute Gasteiger partial charge is 0.145 e. The molecule has 2 aromatic heterocycles. The van der Waals surface area contributed by atoms with Crippen LogP contribution < -0.4 is 9.80 Å². The third-order valence-electron chi connectivity index (χ3n) is 10.3. The van der Waals surface area contributed by atoms with Gasteiger partial charge in [0.25, 0.3) is 0 Å². The summed E-state index contributed by atoms with van der Waals surface area (Å²) in [5.74, 6) is 3.14. The molecular formula is C37H44N4. The summed E-state index contributed by atoms with van der Waals surface area (Å²) in [4.78, 5) is 10.5. The summed E-state index contributed by atoms with van der Waals surface area (Å²) in [5.41, 5.74) is 7.58. The summed E-state index contributed by atoms with van der Waals surface area (Å²) < 4.78 is 2.45. The Morgan fingerprint density at radius 1 is 0.610 bits per heavy atom. The van der Waals surface area contributed by atoms with Gasteiger partial charge in [0.2, 0.25) is 0 Å². The van der Waals surface area contributed by atoms with Gasteiger partial charge >= 0.3 is 0 Å². The number of pyridine rings is 1. The summed E-state index contributed by atoms with van der Waals surface area (Å²) in [6.07, 6.45) is 7.21. The van der Waals surface area contributed by atoms with E-state index in [0.29, 0.717) is 0 Å². The molecule has 212 valence electrons. The highest BCUT2D eigenvalue weighted by atomic mass is 15.2. The monoisotopic (exact) mass is 544 g/mol. The Labute approximate surface area is 245 Å². The molecule has 4 heterocycles. The van der Waals surface area contributed by atoms with E-state index in [1.54, 1.807) is 0 Å². The van der Waals surface area contributed by atoms with E-state index in [9.17, 15) is 0 Å². The summed E-state index contributed by atoms with van der Waals surface area (Å²) in [5, 5.41) is 3.77.